The van der Waals surface area contributed by atoms with Gasteiger partial charge in [-0.25, -0.2) is 0 Å². The topological polar surface area (TPSA) is 60.2 Å². The Bertz CT molecular complexity index is 574. The first kappa shape index (κ1) is 14.8. The van der Waals surface area contributed by atoms with Gasteiger partial charge < -0.3 is 9.80 Å². The Labute approximate surface area is 131 Å². The van der Waals surface area contributed by atoms with Crippen molar-refractivity contribution < 1.29 is 4.79 Å². The van der Waals surface area contributed by atoms with Gasteiger partial charge in [0, 0.05) is 32.4 Å². The first-order valence-corrected chi connectivity index (χ1v) is 8.17. The van der Waals surface area contributed by atoms with Gasteiger partial charge >= 0.3 is 0 Å². The summed E-state index contributed by atoms with van der Waals surface area (Å²) < 4.78 is 0. The number of pyridine rings is 1. The van der Waals surface area contributed by atoms with Crippen LogP contribution in [0.1, 0.15) is 37.7 Å². The molecule has 3 rings (SSSR count). The number of nitriles is 1. The van der Waals surface area contributed by atoms with E-state index in [9.17, 15) is 10.1 Å². The maximum absolute atomic E-state index is 12.7. The molecule has 1 aromatic heterocycles. The van der Waals surface area contributed by atoms with Crippen LogP contribution in [0.2, 0.25) is 0 Å². The monoisotopic (exact) mass is 298 g/mol. The van der Waals surface area contributed by atoms with Crippen LogP contribution in [0.15, 0.2) is 18.5 Å². The number of hydrogen-bond acceptors (Lipinski definition) is 4. The van der Waals surface area contributed by atoms with Crippen molar-refractivity contribution in [2.45, 2.75) is 32.1 Å². The van der Waals surface area contributed by atoms with Gasteiger partial charge in [0.1, 0.15) is 6.07 Å². The Morgan fingerprint density at radius 2 is 2.05 bits per heavy atom. The van der Waals surface area contributed by atoms with Gasteiger partial charge in [0.15, 0.2) is 0 Å². The predicted molar refractivity (Wildman–Crippen MR) is 84.3 cm³/mol. The maximum atomic E-state index is 12.7. The van der Waals surface area contributed by atoms with Gasteiger partial charge in [0.2, 0.25) is 5.91 Å². The summed E-state index contributed by atoms with van der Waals surface area (Å²) in [6.07, 6.45) is 8.82. The van der Waals surface area contributed by atoms with E-state index in [2.05, 4.69) is 16.0 Å². The lowest BCUT2D eigenvalue weighted by Gasteiger charge is -2.37. The number of carbonyl (C=O) groups excluding carboxylic acids is 1. The molecular weight excluding hydrogens is 276 g/mol. The van der Waals surface area contributed by atoms with E-state index < -0.39 is 0 Å². The summed E-state index contributed by atoms with van der Waals surface area (Å²) in [5, 5.41) is 9.25. The summed E-state index contributed by atoms with van der Waals surface area (Å²) in [4.78, 5) is 21.0. The number of hydrogen-bond donors (Lipinski definition) is 0. The predicted octanol–water partition coefficient (Wildman–Crippen LogP) is 2.18. The molecule has 0 aliphatic carbocycles. The lowest BCUT2D eigenvalue weighted by molar-refractivity contribution is -0.136. The number of likely N-dealkylation sites (tertiary alicyclic amines) is 1. The second-order valence-corrected chi connectivity index (χ2v) is 6.18. The molecule has 0 radical (unpaired) electrons. The highest BCUT2D eigenvalue weighted by Gasteiger charge is 2.30. The molecule has 0 aromatic carbocycles. The third-order valence-electron chi connectivity index (χ3n) is 4.70. The first-order valence-electron chi connectivity index (χ1n) is 8.17. The number of aromatic nitrogens is 1. The van der Waals surface area contributed by atoms with Gasteiger partial charge in [-0.1, -0.05) is 0 Å². The van der Waals surface area contributed by atoms with E-state index >= 15 is 0 Å². The summed E-state index contributed by atoms with van der Waals surface area (Å²) in [6, 6.07) is 3.96. The summed E-state index contributed by atoms with van der Waals surface area (Å²) in [7, 11) is 0. The van der Waals surface area contributed by atoms with E-state index in [-0.39, 0.29) is 5.92 Å². The lowest BCUT2D eigenvalue weighted by Crippen LogP contribution is -2.46. The molecule has 1 atom stereocenters. The zero-order chi connectivity index (χ0) is 15.4. The third-order valence-corrected chi connectivity index (χ3v) is 4.70. The highest BCUT2D eigenvalue weighted by atomic mass is 16.2. The van der Waals surface area contributed by atoms with Crippen molar-refractivity contribution in [3.05, 3.63) is 24.0 Å². The Hall–Kier alpha value is -2.09. The quantitative estimate of drug-likeness (QED) is 0.839. The Kier molecular flexibility index (Phi) is 4.57. The van der Waals surface area contributed by atoms with E-state index in [1.165, 1.54) is 6.42 Å². The van der Waals surface area contributed by atoms with Crippen LogP contribution in [0.3, 0.4) is 0 Å². The number of anilines is 1. The van der Waals surface area contributed by atoms with E-state index in [4.69, 9.17) is 0 Å². The normalized spacial score (nSPS) is 22.2. The van der Waals surface area contributed by atoms with Crippen molar-refractivity contribution in [3.8, 4) is 6.07 Å². The first-order chi connectivity index (χ1) is 10.8. The van der Waals surface area contributed by atoms with Crippen LogP contribution < -0.4 is 4.90 Å². The second-order valence-electron chi connectivity index (χ2n) is 6.18. The number of rotatable bonds is 2. The van der Waals surface area contributed by atoms with Crippen LogP contribution >= 0.6 is 0 Å². The van der Waals surface area contributed by atoms with Crippen LogP contribution in [0.25, 0.3) is 0 Å². The van der Waals surface area contributed by atoms with Gasteiger partial charge in [0.25, 0.3) is 0 Å². The lowest BCUT2D eigenvalue weighted by atomic mass is 9.95. The molecule has 0 bridgehead atoms. The van der Waals surface area contributed by atoms with Crippen LogP contribution in [-0.2, 0) is 4.79 Å². The highest BCUT2D eigenvalue weighted by molar-refractivity contribution is 5.80. The molecule has 1 aromatic rings. The van der Waals surface area contributed by atoms with E-state index in [0.717, 1.165) is 51.0 Å². The third kappa shape index (κ3) is 3.06. The van der Waals surface area contributed by atoms with Crippen LogP contribution in [0, 0.1) is 17.2 Å². The fourth-order valence-electron chi connectivity index (χ4n) is 3.50. The minimum absolute atomic E-state index is 0.0543. The SMILES string of the molecule is N#Cc1ccncc1N1CCCC(C(=O)N2CCCCC2)C1. The van der Waals surface area contributed by atoms with Gasteiger partial charge in [-0.05, 0) is 38.2 Å². The molecular formula is C17H22N4O. The molecule has 5 nitrogen and oxygen atoms in total. The van der Waals surface area contributed by atoms with Gasteiger partial charge in [-0.2, -0.15) is 5.26 Å². The van der Waals surface area contributed by atoms with E-state index in [1.54, 1.807) is 18.5 Å². The van der Waals surface area contributed by atoms with Gasteiger partial charge in [0.05, 0.1) is 23.4 Å². The molecule has 2 aliphatic heterocycles. The number of amides is 1. The average Bonchev–Trinajstić information content (AvgIpc) is 2.62. The molecule has 2 saturated heterocycles. The highest BCUT2D eigenvalue weighted by Crippen LogP contribution is 2.27. The fourth-order valence-corrected chi connectivity index (χ4v) is 3.50. The second kappa shape index (κ2) is 6.78. The molecule has 2 aliphatic rings. The molecule has 0 saturated carbocycles. The molecule has 0 N–H and O–H groups in total. The average molecular weight is 298 g/mol. The minimum atomic E-state index is 0.0543. The van der Waals surface area contributed by atoms with Gasteiger partial charge in [-0.15, -0.1) is 0 Å². The minimum Gasteiger partial charge on any atom is -0.368 e. The Morgan fingerprint density at radius 1 is 1.23 bits per heavy atom. The summed E-state index contributed by atoms with van der Waals surface area (Å²) in [6.45, 7) is 3.41. The fraction of sp³-hybridized carbons (Fsp3) is 0.588. The largest absolute Gasteiger partial charge is 0.368 e. The Balaban J connectivity index is 1.71. The number of piperidine rings is 2. The molecule has 0 spiro atoms. The molecule has 2 fully saturated rings. The summed E-state index contributed by atoms with van der Waals surface area (Å²) >= 11 is 0. The molecule has 1 amide bonds. The van der Waals surface area contributed by atoms with E-state index in [0.29, 0.717) is 18.0 Å². The van der Waals surface area contributed by atoms with Crippen LogP contribution in [-0.4, -0.2) is 42.0 Å². The Morgan fingerprint density at radius 3 is 2.82 bits per heavy atom. The molecule has 116 valence electrons. The molecule has 1 unspecified atom stereocenters. The molecule has 5 heteroatoms. The maximum Gasteiger partial charge on any atom is 0.227 e. The standard InChI is InChI=1S/C17H22N4O/c18-11-14-6-7-19-12-16(14)21-10-4-5-15(13-21)17(22)20-8-2-1-3-9-20/h6-7,12,15H,1-5,8-10,13H2. The number of nitrogens with zero attached hydrogens (tertiary/aromatic N) is 4. The smallest absolute Gasteiger partial charge is 0.227 e. The molecule has 3 heterocycles. The van der Waals surface area contributed by atoms with Crippen molar-refractivity contribution >= 4 is 11.6 Å². The van der Waals surface area contributed by atoms with Crippen molar-refractivity contribution in [1.29, 1.82) is 5.26 Å². The van der Waals surface area contributed by atoms with Crippen molar-refractivity contribution in [2.75, 3.05) is 31.1 Å². The van der Waals surface area contributed by atoms with Gasteiger partial charge in [-0.3, -0.25) is 9.78 Å². The van der Waals surface area contributed by atoms with Crippen LogP contribution in [0.5, 0.6) is 0 Å². The van der Waals surface area contributed by atoms with E-state index in [1.807, 2.05) is 4.90 Å². The number of carbonyl (C=O) groups is 1. The zero-order valence-corrected chi connectivity index (χ0v) is 12.9. The summed E-state index contributed by atoms with van der Waals surface area (Å²) in [5.74, 6) is 0.352. The van der Waals surface area contributed by atoms with Crippen LogP contribution in [0.4, 0.5) is 5.69 Å². The van der Waals surface area contributed by atoms with Crippen molar-refractivity contribution in [1.82, 2.24) is 9.88 Å². The van der Waals surface area contributed by atoms with Crippen molar-refractivity contribution in [3.63, 3.8) is 0 Å². The molecule has 22 heavy (non-hydrogen) atoms. The summed E-state index contributed by atoms with van der Waals surface area (Å²) in [5.41, 5.74) is 1.50. The van der Waals surface area contributed by atoms with Crippen molar-refractivity contribution in [2.24, 2.45) is 5.92 Å². The zero-order valence-electron chi connectivity index (χ0n) is 12.9.